The maximum Gasteiger partial charge on any atom is 0.0638 e. The fourth-order valence-electron chi connectivity index (χ4n) is 1.40. The molecule has 0 saturated heterocycles. The van der Waals surface area contributed by atoms with Gasteiger partial charge in [0.15, 0.2) is 0 Å². The molecule has 0 radical (unpaired) electrons. The fraction of sp³-hybridized carbons (Fsp3) is 0.545. The van der Waals surface area contributed by atoms with Crippen molar-refractivity contribution in [1.82, 2.24) is 9.88 Å². The van der Waals surface area contributed by atoms with Crippen LogP contribution in [0.15, 0.2) is 18.5 Å². The maximum absolute atomic E-state index is 8.57. The molecule has 14 heavy (non-hydrogen) atoms. The molecule has 0 aliphatic carbocycles. The predicted octanol–water partition coefficient (Wildman–Crippen LogP) is 1.81. The van der Waals surface area contributed by atoms with Gasteiger partial charge in [-0.05, 0) is 18.1 Å². The van der Waals surface area contributed by atoms with Crippen molar-refractivity contribution in [2.45, 2.75) is 32.4 Å². The lowest BCUT2D eigenvalue weighted by Crippen LogP contribution is -2.27. The topological polar surface area (TPSA) is 40.8 Å². The van der Waals surface area contributed by atoms with Gasteiger partial charge < -0.3 is 9.88 Å². The Kier molecular flexibility index (Phi) is 4.21. The predicted molar refractivity (Wildman–Crippen MR) is 56.6 cm³/mol. The molecule has 76 valence electrons. The minimum atomic E-state index is 0.320. The Morgan fingerprint density at radius 2 is 2.43 bits per heavy atom. The lowest BCUT2D eigenvalue weighted by atomic mass is 10.1. The third-order valence-electron chi connectivity index (χ3n) is 2.32. The van der Waals surface area contributed by atoms with Crippen LogP contribution in [0.4, 0.5) is 0 Å². The lowest BCUT2D eigenvalue weighted by Gasteiger charge is -2.12. The second-order valence-electron chi connectivity index (χ2n) is 3.53. The van der Waals surface area contributed by atoms with Crippen LogP contribution in [-0.2, 0) is 13.6 Å². The van der Waals surface area contributed by atoms with Crippen LogP contribution in [0.5, 0.6) is 0 Å². The molecule has 1 aromatic heterocycles. The van der Waals surface area contributed by atoms with Crippen LogP contribution in [0.25, 0.3) is 0 Å². The molecular formula is C11H17N3. The van der Waals surface area contributed by atoms with Crippen molar-refractivity contribution in [1.29, 1.82) is 5.26 Å². The number of hydrogen-bond acceptors (Lipinski definition) is 2. The number of aryl methyl sites for hydroxylation is 1. The fourth-order valence-corrected chi connectivity index (χ4v) is 1.40. The number of nitriles is 1. The van der Waals surface area contributed by atoms with Gasteiger partial charge in [0.05, 0.1) is 12.5 Å². The van der Waals surface area contributed by atoms with E-state index in [1.807, 2.05) is 17.8 Å². The van der Waals surface area contributed by atoms with Crippen molar-refractivity contribution in [2.24, 2.45) is 7.05 Å². The van der Waals surface area contributed by atoms with Crippen LogP contribution in [0, 0.1) is 11.3 Å². The van der Waals surface area contributed by atoms with E-state index in [1.54, 1.807) is 0 Å². The van der Waals surface area contributed by atoms with Crippen molar-refractivity contribution in [3.8, 4) is 6.07 Å². The highest BCUT2D eigenvalue weighted by atomic mass is 14.9. The van der Waals surface area contributed by atoms with Gasteiger partial charge in [-0.3, -0.25) is 0 Å². The zero-order valence-electron chi connectivity index (χ0n) is 8.83. The summed E-state index contributed by atoms with van der Waals surface area (Å²) in [5.41, 5.74) is 1.27. The first-order chi connectivity index (χ1) is 6.76. The summed E-state index contributed by atoms with van der Waals surface area (Å²) in [6, 6.07) is 4.60. The monoisotopic (exact) mass is 191 g/mol. The van der Waals surface area contributed by atoms with Crippen LogP contribution < -0.4 is 5.32 Å². The third-order valence-corrected chi connectivity index (χ3v) is 2.32. The van der Waals surface area contributed by atoms with Crippen molar-refractivity contribution in [3.63, 3.8) is 0 Å². The summed E-state index contributed by atoms with van der Waals surface area (Å²) in [4.78, 5) is 0. The smallest absolute Gasteiger partial charge is 0.0638 e. The molecule has 0 amide bonds. The Morgan fingerprint density at radius 1 is 1.64 bits per heavy atom. The van der Waals surface area contributed by atoms with Crippen LogP contribution in [0.2, 0.25) is 0 Å². The van der Waals surface area contributed by atoms with E-state index in [4.69, 9.17) is 5.26 Å². The summed E-state index contributed by atoms with van der Waals surface area (Å²) < 4.78 is 2.03. The summed E-state index contributed by atoms with van der Waals surface area (Å²) in [6.45, 7) is 2.95. The SMILES string of the molecule is CCC(CC#N)NCc1ccn(C)c1. The molecule has 1 heterocycles. The molecule has 3 heteroatoms. The Morgan fingerprint density at radius 3 is 2.93 bits per heavy atom. The van der Waals surface area contributed by atoms with Gasteiger partial charge in [0.25, 0.3) is 0 Å². The molecule has 1 rings (SSSR count). The van der Waals surface area contributed by atoms with Gasteiger partial charge >= 0.3 is 0 Å². The van der Waals surface area contributed by atoms with E-state index in [9.17, 15) is 0 Å². The second kappa shape index (κ2) is 5.46. The molecule has 1 aromatic rings. The molecule has 0 fully saturated rings. The van der Waals surface area contributed by atoms with E-state index < -0.39 is 0 Å². The zero-order chi connectivity index (χ0) is 10.4. The Balaban J connectivity index is 2.36. The largest absolute Gasteiger partial charge is 0.357 e. The number of aromatic nitrogens is 1. The first-order valence-corrected chi connectivity index (χ1v) is 4.97. The van der Waals surface area contributed by atoms with E-state index >= 15 is 0 Å². The van der Waals surface area contributed by atoms with E-state index in [2.05, 4.69) is 30.6 Å². The zero-order valence-corrected chi connectivity index (χ0v) is 8.83. The molecule has 0 aliphatic rings. The molecule has 0 spiro atoms. The summed E-state index contributed by atoms with van der Waals surface area (Å²) in [5.74, 6) is 0. The molecule has 1 atom stereocenters. The average molecular weight is 191 g/mol. The molecule has 0 aromatic carbocycles. The van der Waals surface area contributed by atoms with Crippen LogP contribution in [0.3, 0.4) is 0 Å². The van der Waals surface area contributed by atoms with E-state index in [-0.39, 0.29) is 0 Å². The molecule has 3 nitrogen and oxygen atoms in total. The summed E-state index contributed by atoms with van der Waals surface area (Å²) in [6.07, 6.45) is 5.71. The Bertz CT molecular complexity index is 309. The highest BCUT2D eigenvalue weighted by Crippen LogP contribution is 2.02. The minimum Gasteiger partial charge on any atom is -0.357 e. The molecule has 1 N–H and O–H groups in total. The Hall–Kier alpha value is -1.27. The number of rotatable bonds is 5. The molecule has 0 bridgehead atoms. The first-order valence-electron chi connectivity index (χ1n) is 4.97. The highest BCUT2D eigenvalue weighted by molar-refractivity contribution is 5.09. The molecule has 0 aliphatic heterocycles. The first kappa shape index (κ1) is 10.8. The lowest BCUT2D eigenvalue weighted by molar-refractivity contribution is 0.505. The van der Waals surface area contributed by atoms with Gasteiger partial charge in [-0.15, -0.1) is 0 Å². The van der Waals surface area contributed by atoms with Gasteiger partial charge in [0, 0.05) is 32.0 Å². The van der Waals surface area contributed by atoms with Crippen molar-refractivity contribution in [3.05, 3.63) is 24.0 Å². The summed E-state index contributed by atoms with van der Waals surface area (Å²) in [5, 5.41) is 11.9. The quantitative estimate of drug-likeness (QED) is 0.771. The molecular weight excluding hydrogens is 174 g/mol. The number of nitrogens with zero attached hydrogens (tertiary/aromatic N) is 2. The van der Waals surface area contributed by atoms with Crippen molar-refractivity contribution < 1.29 is 0 Å². The average Bonchev–Trinajstić information content (AvgIpc) is 2.59. The summed E-state index contributed by atoms with van der Waals surface area (Å²) >= 11 is 0. The normalized spacial score (nSPS) is 12.4. The summed E-state index contributed by atoms with van der Waals surface area (Å²) in [7, 11) is 2.01. The number of hydrogen-bond donors (Lipinski definition) is 1. The van der Waals surface area contributed by atoms with E-state index in [1.165, 1.54) is 5.56 Å². The molecule has 1 unspecified atom stereocenters. The van der Waals surface area contributed by atoms with Gasteiger partial charge in [-0.25, -0.2) is 0 Å². The third kappa shape index (κ3) is 3.23. The highest BCUT2D eigenvalue weighted by Gasteiger charge is 2.04. The van der Waals surface area contributed by atoms with Crippen molar-refractivity contribution >= 4 is 0 Å². The van der Waals surface area contributed by atoms with Crippen LogP contribution >= 0.6 is 0 Å². The number of nitrogens with one attached hydrogen (secondary N) is 1. The standard InChI is InChI=1S/C11H17N3/c1-3-11(4-6-12)13-8-10-5-7-14(2)9-10/h5,7,9,11,13H,3-4,8H2,1-2H3. The van der Waals surface area contributed by atoms with E-state index in [0.717, 1.165) is 13.0 Å². The minimum absolute atomic E-state index is 0.320. The van der Waals surface area contributed by atoms with Gasteiger partial charge in [0.2, 0.25) is 0 Å². The molecule has 0 saturated carbocycles. The maximum atomic E-state index is 8.57. The van der Waals surface area contributed by atoms with Crippen LogP contribution in [-0.4, -0.2) is 10.6 Å². The van der Waals surface area contributed by atoms with Gasteiger partial charge in [-0.1, -0.05) is 6.92 Å². The second-order valence-corrected chi connectivity index (χ2v) is 3.53. The van der Waals surface area contributed by atoms with Crippen LogP contribution in [0.1, 0.15) is 25.3 Å². The van der Waals surface area contributed by atoms with Gasteiger partial charge in [-0.2, -0.15) is 5.26 Å². The Labute approximate surface area is 85.3 Å². The van der Waals surface area contributed by atoms with Gasteiger partial charge in [0.1, 0.15) is 0 Å². The van der Waals surface area contributed by atoms with Crippen molar-refractivity contribution in [2.75, 3.05) is 0 Å². The van der Waals surface area contributed by atoms with E-state index in [0.29, 0.717) is 12.5 Å².